The molecule has 2 aromatic carbocycles. The molecule has 2 fully saturated rings. The highest BCUT2D eigenvalue weighted by molar-refractivity contribution is 5.83. The van der Waals surface area contributed by atoms with Crippen LogP contribution >= 0.6 is 0 Å². The number of benzene rings is 2. The summed E-state index contributed by atoms with van der Waals surface area (Å²) in [6.45, 7) is 0. The third-order valence-corrected chi connectivity index (χ3v) is 5.94. The summed E-state index contributed by atoms with van der Waals surface area (Å²) in [5, 5.41) is 2.50. The van der Waals surface area contributed by atoms with Crippen LogP contribution in [0.15, 0.2) is 42.5 Å². The van der Waals surface area contributed by atoms with Crippen LogP contribution in [0.25, 0.3) is 10.8 Å². The Hall–Kier alpha value is -1.87. The van der Waals surface area contributed by atoms with Gasteiger partial charge in [-0.05, 0) is 42.6 Å². The molecule has 0 aromatic heterocycles. The number of rotatable bonds is 2. The van der Waals surface area contributed by atoms with Gasteiger partial charge in [-0.2, -0.15) is 0 Å². The number of hydrogen-bond acceptors (Lipinski definition) is 3. The zero-order valence-corrected chi connectivity index (χ0v) is 13.7. The van der Waals surface area contributed by atoms with Crippen molar-refractivity contribution < 1.29 is 9.53 Å². The summed E-state index contributed by atoms with van der Waals surface area (Å²) in [7, 11) is 3.68. The van der Waals surface area contributed by atoms with Crippen molar-refractivity contribution in [1.29, 1.82) is 0 Å². The molecule has 128 valence electrons. The molecule has 2 aliphatic heterocycles. The lowest BCUT2D eigenvalue weighted by atomic mass is 9.76. The quantitative estimate of drug-likeness (QED) is 0.775. The molecule has 2 bridgehead atoms. The molecule has 2 aromatic rings. The molecule has 0 radical (unpaired) electrons. The molecule has 0 saturated carbocycles. The Morgan fingerprint density at radius 2 is 1.88 bits per heavy atom. The van der Waals surface area contributed by atoms with Gasteiger partial charge in [0.1, 0.15) is 0 Å². The number of esters is 1. The van der Waals surface area contributed by atoms with E-state index in [1.165, 1.54) is 29.9 Å². The lowest BCUT2D eigenvalue weighted by Gasteiger charge is -2.41. The van der Waals surface area contributed by atoms with Crippen molar-refractivity contribution in [2.75, 3.05) is 14.2 Å². The van der Waals surface area contributed by atoms with Crippen LogP contribution in [0.4, 0.5) is 0 Å². The monoisotopic (exact) mass is 325 g/mol. The molecule has 2 heterocycles. The van der Waals surface area contributed by atoms with Crippen molar-refractivity contribution in [3.8, 4) is 0 Å². The van der Waals surface area contributed by atoms with Crippen LogP contribution in [0.2, 0.25) is 0 Å². The number of methoxy groups -OCH3 is 1. The number of carbonyl (C=O) groups excluding carboxylic acids is 1. The van der Waals surface area contributed by atoms with E-state index in [2.05, 4.69) is 54.4 Å². The third kappa shape index (κ3) is 2.61. The Morgan fingerprint density at radius 1 is 1.12 bits per heavy atom. The molecule has 24 heavy (non-hydrogen) atoms. The standard InChI is InChI=1S/C20H23NO2.CH4/c1-21-16-9-10-18(21)19(20(22)23-2)17(12-16)15-8-7-13-5-3-4-6-14(13)11-15;/h3-8,11,16-19H,9-10,12H2,1-2H3;1H4/t16-,17-,18?,19+;/m1./s1. The van der Waals surface area contributed by atoms with Crippen LogP contribution in [0.5, 0.6) is 0 Å². The predicted molar refractivity (Wildman–Crippen MR) is 98.1 cm³/mol. The molecule has 3 heteroatoms. The first kappa shape index (κ1) is 17.0. The second kappa shape index (κ2) is 6.56. The Labute approximate surface area is 144 Å². The van der Waals surface area contributed by atoms with Crippen molar-refractivity contribution >= 4 is 16.7 Å². The maximum atomic E-state index is 12.5. The van der Waals surface area contributed by atoms with E-state index in [-0.39, 0.29) is 25.2 Å². The Balaban J connectivity index is 0.00000169. The van der Waals surface area contributed by atoms with Gasteiger partial charge in [0, 0.05) is 18.0 Å². The molecule has 2 saturated heterocycles. The van der Waals surface area contributed by atoms with E-state index in [1.54, 1.807) is 0 Å². The number of hydrogen-bond donors (Lipinski definition) is 0. The maximum Gasteiger partial charge on any atom is 0.310 e. The van der Waals surface area contributed by atoms with Crippen molar-refractivity contribution in [2.24, 2.45) is 5.92 Å². The van der Waals surface area contributed by atoms with Crippen molar-refractivity contribution in [2.45, 2.75) is 44.7 Å². The summed E-state index contributed by atoms with van der Waals surface area (Å²) in [6, 6.07) is 16.0. The summed E-state index contributed by atoms with van der Waals surface area (Å²) in [4.78, 5) is 14.9. The minimum absolute atomic E-state index is 0. The normalized spacial score (nSPS) is 29.2. The molecule has 1 unspecified atom stereocenters. The molecule has 0 amide bonds. The highest BCUT2D eigenvalue weighted by Gasteiger charge is 2.49. The molecule has 4 rings (SSSR count). The molecule has 0 aliphatic carbocycles. The summed E-state index contributed by atoms with van der Waals surface area (Å²) in [6.07, 6.45) is 3.34. The van der Waals surface area contributed by atoms with Gasteiger partial charge in [0.15, 0.2) is 0 Å². The van der Waals surface area contributed by atoms with Crippen LogP contribution < -0.4 is 0 Å². The first-order valence-corrected chi connectivity index (χ1v) is 8.47. The van der Waals surface area contributed by atoms with Gasteiger partial charge in [-0.3, -0.25) is 9.69 Å². The number of carbonyl (C=O) groups is 1. The van der Waals surface area contributed by atoms with Gasteiger partial charge >= 0.3 is 5.97 Å². The summed E-state index contributed by atoms with van der Waals surface area (Å²) in [5.41, 5.74) is 1.28. The SMILES string of the molecule is C.COC(=O)[C@@H]1C2CC[C@H](C[C@@H]1c1ccc3ccccc3c1)N2C. The molecule has 0 spiro atoms. The Morgan fingerprint density at radius 3 is 2.62 bits per heavy atom. The van der Waals surface area contributed by atoms with Gasteiger partial charge in [-0.15, -0.1) is 0 Å². The third-order valence-electron chi connectivity index (χ3n) is 5.94. The molecular weight excluding hydrogens is 298 g/mol. The fraction of sp³-hybridized carbons (Fsp3) is 0.476. The summed E-state index contributed by atoms with van der Waals surface area (Å²) < 4.78 is 5.16. The summed E-state index contributed by atoms with van der Waals surface area (Å²) >= 11 is 0. The minimum Gasteiger partial charge on any atom is -0.469 e. The zero-order chi connectivity index (χ0) is 16.0. The van der Waals surface area contributed by atoms with Crippen LogP contribution in [0.1, 0.15) is 38.2 Å². The van der Waals surface area contributed by atoms with Gasteiger partial charge in [0.2, 0.25) is 0 Å². The van der Waals surface area contributed by atoms with E-state index in [9.17, 15) is 4.79 Å². The zero-order valence-electron chi connectivity index (χ0n) is 13.7. The van der Waals surface area contributed by atoms with Gasteiger partial charge in [-0.25, -0.2) is 0 Å². The van der Waals surface area contributed by atoms with Crippen LogP contribution in [0.3, 0.4) is 0 Å². The Bertz CT molecular complexity index is 741. The van der Waals surface area contributed by atoms with Crippen molar-refractivity contribution in [3.63, 3.8) is 0 Å². The van der Waals surface area contributed by atoms with Crippen LogP contribution in [-0.2, 0) is 9.53 Å². The second-order valence-corrected chi connectivity index (χ2v) is 6.96. The fourth-order valence-electron chi connectivity index (χ4n) is 4.71. The van der Waals surface area contributed by atoms with E-state index in [0.717, 1.165) is 12.8 Å². The predicted octanol–water partition coefficient (Wildman–Crippen LogP) is 4.22. The topological polar surface area (TPSA) is 29.5 Å². The lowest BCUT2D eigenvalue weighted by Crippen LogP contribution is -2.49. The number of nitrogens with zero attached hydrogens (tertiary/aromatic N) is 1. The Kier molecular flexibility index (Phi) is 4.64. The largest absolute Gasteiger partial charge is 0.469 e. The first-order chi connectivity index (χ1) is 11.2. The lowest BCUT2D eigenvalue weighted by molar-refractivity contribution is -0.150. The number of fused-ring (bicyclic) bond motifs is 3. The van der Waals surface area contributed by atoms with Crippen LogP contribution in [-0.4, -0.2) is 37.1 Å². The highest BCUT2D eigenvalue weighted by atomic mass is 16.5. The highest BCUT2D eigenvalue weighted by Crippen LogP contribution is 2.46. The molecule has 2 aliphatic rings. The van der Waals surface area contributed by atoms with Gasteiger partial charge in [0.25, 0.3) is 0 Å². The van der Waals surface area contributed by atoms with E-state index in [4.69, 9.17) is 4.74 Å². The minimum atomic E-state index is -0.0552. The smallest absolute Gasteiger partial charge is 0.310 e. The van der Waals surface area contributed by atoms with Gasteiger partial charge in [0.05, 0.1) is 13.0 Å². The average molecular weight is 325 g/mol. The van der Waals surface area contributed by atoms with E-state index < -0.39 is 0 Å². The number of piperidine rings is 1. The van der Waals surface area contributed by atoms with Gasteiger partial charge < -0.3 is 4.74 Å². The second-order valence-electron chi connectivity index (χ2n) is 6.96. The van der Waals surface area contributed by atoms with Gasteiger partial charge in [-0.1, -0.05) is 49.9 Å². The average Bonchev–Trinajstić information content (AvgIpc) is 2.83. The van der Waals surface area contributed by atoms with Crippen LogP contribution in [0, 0.1) is 5.92 Å². The van der Waals surface area contributed by atoms with Crippen molar-refractivity contribution in [3.05, 3.63) is 48.0 Å². The molecule has 3 nitrogen and oxygen atoms in total. The van der Waals surface area contributed by atoms with E-state index in [0.29, 0.717) is 12.1 Å². The first-order valence-electron chi connectivity index (χ1n) is 8.47. The van der Waals surface area contributed by atoms with Crippen molar-refractivity contribution in [1.82, 2.24) is 4.90 Å². The number of ether oxygens (including phenoxy) is 1. The fourth-order valence-corrected chi connectivity index (χ4v) is 4.71. The summed E-state index contributed by atoms with van der Waals surface area (Å²) in [5.74, 6) is 0.158. The van der Waals surface area contributed by atoms with E-state index >= 15 is 0 Å². The van der Waals surface area contributed by atoms with E-state index in [1.807, 2.05) is 0 Å². The molecule has 4 atom stereocenters. The maximum absolute atomic E-state index is 12.5. The molecular formula is C21H27NO2. The molecule has 0 N–H and O–H groups in total.